The SMILES string of the molecule is COC(=O)Cc1n[nH]c2cc(F)ccc2c1=O. The zero-order valence-corrected chi connectivity index (χ0v) is 8.99. The Balaban J connectivity index is 2.54. The molecule has 88 valence electrons. The number of aromatic nitrogens is 2. The zero-order chi connectivity index (χ0) is 12.4. The van der Waals surface area contributed by atoms with Gasteiger partial charge in [-0.05, 0) is 18.2 Å². The van der Waals surface area contributed by atoms with Gasteiger partial charge in [-0.15, -0.1) is 0 Å². The van der Waals surface area contributed by atoms with E-state index in [1.165, 1.54) is 25.3 Å². The fraction of sp³-hybridized carbons (Fsp3) is 0.182. The quantitative estimate of drug-likeness (QED) is 0.782. The molecule has 0 unspecified atom stereocenters. The maximum absolute atomic E-state index is 12.9. The molecular weight excluding hydrogens is 227 g/mol. The molecule has 0 atom stereocenters. The molecule has 0 fully saturated rings. The predicted octanol–water partition coefficient (Wildman–Crippen LogP) is 0.778. The van der Waals surface area contributed by atoms with E-state index in [0.29, 0.717) is 10.9 Å². The van der Waals surface area contributed by atoms with Crippen LogP contribution in [0.3, 0.4) is 0 Å². The van der Waals surface area contributed by atoms with Crippen LogP contribution in [-0.2, 0) is 16.0 Å². The molecule has 0 saturated heterocycles. The molecule has 5 nitrogen and oxygen atoms in total. The molecule has 0 bridgehead atoms. The van der Waals surface area contributed by atoms with E-state index in [2.05, 4.69) is 14.9 Å². The number of nitrogens with zero attached hydrogens (tertiary/aromatic N) is 1. The summed E-state index contributed by atoms with van der Waals surface area (Å²) in [6.07, 6.45) is -0.209. The van der Waals surface area contributed by atoms with E-state index >= 15 is 0 Å². The summed E-state index contributed by atoms with van der Waals surface area (Å²) in [6, 6.07) is 3.71. The largest absolute Gasteiger partial charge is 0.469 e. The Kier molecular flexibility index (Phi) is 2.86. The summed E-state index contributed by atoms with van der Waals surface area (Å²) >= 11 is 0. The molecule has 0 aliphatic heterocycles. The van der Waals surface area contributed by atoms with Crippen molar-refractivity contribution in [3.8, 4) is 0 Å². The van der Waals surface area contributed by atoms with E-state index in [1.807, 2.05) is 0 Å². The number of fused-ring (bicyclic) bond motifs is 1. The van der Waals surface area contributed by atoms with Gasteiger partial charge in [-0.3, -0.25) is 14.7 Å². The van der Waals surface area contributed by atoms with Crippen LogP contribution in [0, 0.1) is 5.82 Å². The predicted molar refractivity (Wildman–Crippen MR) is 58.0 cm³/mol. The van der Waals surface area contributed by atoms with Crippen LogP contribution < -0.4 is 5.43 Å². The van der Waals surface area contributed by atoms with Crippen LogP contribution in [0.25, 0.3) is 10.9 Å². The van der Waals surface area contributed by atoms with Crippen molar-refractivity contribution < 1.29 is 13.9 Å². The molecule has 1 heterocycles. The van der Waals surface area contributed by atoms with Crippen LogP contribution in [0.5, 0.6) is 0 Å². The first kappa shape index (κ1) is 11.3. The Labute approximate surface area is 95.2 Å². The smallest absolute Gasteiger partial charge is 0.311 e. The number of esters is 1. The first-order valence-corrected chi connectivity index (χ1v) is 4.85. The van der Waals surface area contributed by atoms with Crippen molar-refractivity contribution >= 4 is 16.9 Å². The van der Waals surface area contributed by atoms with Gasteiger partial charge in [0.1, 0.15) is 11.5 Å². The van der Waals surface area contributed by atoms with Gasteiger partial charge in [-0.25, -0.2) is 4.39 Å². The van der Waals surface area contributed by atoms with Gasteiger partial charge in [0.25, 0.3) is 0 Å². The number of carbonyl (C=O) groups excluding carboxylic acids is 1. The fourth-order valence-electron chi connectivity index (χ4n) is 1.47. The standard InChI is InChI=1S/C11H9FN2O3/c1-17-10(15)5-9-11(16)7-3-2-6(12)4-8(7)13-14-9/h2-4H,5H2,1H3,(H,13,16). The van der Waals surface area contributed by atoms with Crippen LogP contribution in [-0.4, -0.2) is 23.3 Å². The molecule has 1 aromatic carbocycles. The van der Waals surface area contributed by atoms with Crippen molar-refractivity contribution in [3.05, 3.63) is 39.9 Å². The first-order chi connectivity index (χ1) is 8.11. The number of H-pyrrole nitrogens is 1. The number of hydrogen-bond acceptors (Lipinski definition) is 4. The van der Waals surface area contributed by atoms with Gasteiger partial charge in [0.05, 0.1) is 19.0 Å². The molecular formula is C11H9FN2O3. The Morgan fingerprint density at radius 2 is 2.29 bits per heavy atom. The van der Waals surface area contributed by atoms with E-state index in [9.17, 15) is 14.0 Å². The fourth-order valence-corrected chi connectivity index (χ4v) is 1.47. The van der Waals surface area contributed by atoms with E-state index in [-0.39, 0.29) is 12.1 Å². The summed E-state index contributed by atoms with van der Waals surface area (Å²) in [5, 5.41) is 6.56. The number of rotatable bonds is 2. The number of aromatic amines is 1. The topological polar surface area (TPSA) is 72.0 Å². The van der Waals surface area contributed by atoms with Gasteiger partial charge in [-0.1, -0.05) is 0 Å². The van der Waals surface area contributed by atoms with Crippen molar-refractivity contribution in [3.63, 3.8) is 0 Å². The maximum Gasteiger partial charge on any atom is 0.311 e. The summed E-state index contributed by atoms with van der Waals surface area (Å²) in [7, 11) is 1.23. The Hall–Kier alpha value is -2.24. The number of hydrogen-bond donors (Lipinski definition) is 1. The minimum atomic E-state index is -0.551. The molecule has 1 N–H and O–H groups in total. The van der Waals surface area contributed by atoms with Gasteiger partial charge < -0.3 is 4.74 Å². The van der Waals surface area contributed by atoms with E-state index < -0.39 is 17.2 Å². The lowest BCUT2D eigenvalue weighted by Gasteiger charge is -2.01. The van der Waals surface area contributed by atoms with Crippen LogP contribution in [0.15, 0.2) is 23.0 Å². The molecule has 0 aliphatic carbocycles. The normalized spacial score (nSPS) is 10.5. The van der Waals surface area contributed by atoms with E-state index in [1.54, 1.807) is 0 Å². The molecule has 17 heavy (non-hydrogen) atoms. The average Bonchev–Trinajstić information content (AvgIpc) is 2.32. The van der Waals surface area contributed by atoms with Crippen molar-refractivity contribution in [1.29, 1.82) is 0 Å². The average molecular weight is 236 g/mol. The summed E-state index contributed by atoms with van der Waals surface area (Å²) in [6.45, 7) is 0. The molecule has 2 rings (SSSR count). The lowest BCUT2D eigenvalue weighted by molar-refractivity contribution is -0.139. The van der Waals surface area contributed by atoms with Gasteiger partial charge in [0, 0.05) is 5.39 Å². The van der Waals surface area contributed by atoms with E-state index in [0.717, 1.165) is 0 Å². The van der Waals surface area contributed by atoms with Crippen molar-refractivity contribution in [1.82, 2.24) is 10.2 Å². The first-order valence-electron chi connectivity index (χ1n) is 4.85. The maximum atomic E-state index is 12.9. The van der Waals surface area contributed by atoms with Crippen LogP contribution in [0.4, 0.5) is 4.39 Å². The Morgan fingerprint density at radius 3 is 3.00 bits per heavy atom. The van der Waals surface area contributed by atoms with Gasteiger partial charge >= 0.3 is 5.97 Å². The summed E-state index contributed by atoms with van der Waals surface area (Å²) in [4.78, 5) is 22.9. The van der Waals surface area contributed by atoms with Crippen molar-refractivity contribution in [2.45, 2.75) is 6.42 Å². The van der Waals surface area contributed by atoms with E-state index in [4.69, 9.17) is 0 Å². The van der Waals surface area contributed by atoms with Crippen LogP contribution in [0.1, 0.15) is 5.69 Å². The third-order valence-corrected chi connectivity index (χ3v) is 2.34. The number of benzene rings is 1. The molecule has 1 aromatic heterocycles. The second kappa shape index (κ2) is 4.32. The summed E-state index contributed by atoms with van der Waals surface area (Å²) < 4.78 is 17.4. The highest BCUT2D eigenvalue weighted by atomic mass is 19.1. The highest BCUT2D eigenvalue weighted by Gasteiger charge is 2.11. The highest BCUT2D eigenvalue weighted by Crippen LogP contribution is 2.08. The zero-order valence-electron chi connectivity index (χ0n) is 8.99. The number of carbonyl (C=O) groups is 1. The summed E-state index contributed by atoms with van der Waals surface area (Å²) in [5.74, 6) is -1.01. The molecule has 2 aromatic rings. The Morgan fingerprint density at radius 1 is 1.53 bits per heavy atom. The van der Waals surface area contributed by atoms with Crippen molar-refractivity contribution in [2.75, 3.05) is 7.11 Å². The lowest BCUT2D eigenvalue weighted by atomic mass is 10.2. The highest BCUT2D eigenvalue weighted by molar-refractivity contribution is 5.79. The molecule has 6 heteroatoms. The van der Waals surface area contributed by atoms with Gasteiger partial charge in [-0.2, -0.15) is 5.10 Å². The van der Waals surface area contributed by atoms with Gasteiger partial charge in [0.15, 0.2) is 0 Å². The third kappa shape index (κ3) is 2.15. The van der Waals surface area contributed by atoms with Gasteiger partial charge in [0.2, 0.25) is 5.43 Å². The van der Waals surface area contributed by atoms with Crippen LogP contribution >= 0.6 is 0 Å². The molecule has 0 radical (unpaired) electrons. The second-order valence-corrected chi connectivity index (χ2v) is 3.44. The Bertz CT molecular complexity index is 636. The number of methoxy groups -OCH3 is 1. The third-order valence-electron chi connectivity index (χ3n) is 2.34. The minimum Gasteiger partial charge on any atom is -0.469 e. The number of nitrogens with one attached hydrogen (secondary N) is 1. The minimum absolute atomic E-state index is 0.0518. The summed E-state index contributed by atoms with van der Waals surface area (Å²) in [5.41, 5.74) is -0.0521. The molecule has 0 aliphatic rings. The number of ether oxygens (including phenoxy) is 1. The number of halogens is 1. The molecule has 0 amide bonds. The lowest BCUT2D eigenvalue weighted by Crippen LogP contribution is -2.18. The second-order valence-electron chi connectivity index (χ2n) is 3.44. The molecule has 0 saturated carbocycles. The van der Waals surface area contributed by atoms with Crippen LogP contribution in [0.2, 0.25) is 0 Å². The van der Waals surface area contributed by atoms with Crippen molar-refractivity contribution in [2.24, 2.45) is 0 Å². The monoisotopic (exact) mass is 236 g/mol. The molecule has 0 spiro atoms.